The van der Waals surface area contributed by atoms with Crippen LogP contribution in [0.25, 0.3) is 11.1 Å². The molecule has 2 unspecified atom stereocenters. The Labute approximate surface area is 93.7 Å². The summed E-state index contributed by atoms with van der Waals surface area (Å²) in [7, 11) is 0. The fourth-order valence-corrected chi connectivity index (χ4v) is 1.88. The first-order valence-electron chi connectivity index (χ1n) is 5.17. The molecule has 0 bridgehead atoms. The van der Waals surface area contributed by atoms with E-state index in [0.717, 1.165) is 22.3 Å². The zero-order valence-electron chi connectivity index (χ0n) is 8.51. The molecular weight excluding hydrogens is 196 g/mol. The number of nitrogens with zero attached hydrogens (tertiary/aromatic N) is 2. The maximum absolute atomic E-state index is 8.71. The molecule has 0 saturated heterocycles. The number of rotatable bonds is 2. The van der Waals surface area contributed by atoms with Gasteiger partial charge >= 0.3 is 0 Å². The number of benzene rings is 1. The van der Waals surface area contributed by atoms with Crippen LogP contribution in [0.4, 0.5) is 0 Å². The molecule has 2 atom stereocenters. The second-order valence-electron chi connectivity index (χ2n) is 4.03. The lowest BCUT2D eigenvalue weighted by atomic mass is 10.1. The summed E-state index contributed by atoms with van der Waals surface area (Å²) in [5, 5.41) is 17.4. The van der Waals surface area contributed by atoms with E-state index in [9.17, 15) is 0 Å². The van der Waals surface area contributed by atoms with Crippen molar-refractivity contribution < 1.29 is 0 Å². The van der Waals surface area contributed by atoms with E-state index in [2.05, 4.69) is 12.1 Å². The van der Waals surface area contributed by atoms with E-state index in [-0.39, 0.29) is 11.8 Å². The van der Waals surface area contributed by atoms with E-state index in [1.807, 2.05) is 36.4 Å². The highest BCUT2D eigenvalue weighted by Crippen LogP contribution is 2.40. The smallest absolute Gasteiger partial charge is 0.0903 e. The molecule has 0 heterocycles. The van der Waals surface area contributed by atoms with Crippen LogP contribution < -0.4 is 0 Å². The Kier molecular flexibility index (Phi) is 1.72. The van der Waals surface area contributed by atoms with Crippen molar-refractivity contribution in [3.8, 4) is 12.1 Å². The molecule has 2 nitrogen and oxygen atoms in total. The van der Waals surface area contributed by atoms with Crippen LogP contribution in [0.2, 0.25) is 0 Å². The van der Waals surface area contributed by atoms with Gasteiger partial charge in [-0.25, -0.2) is 0 Å². The van der Waals surface area contributed by atoms with E-state index in [1.165, 1.54) is 0 Å². The lowest BCUT2D eigenvalue weighted by Gasteiger charge is -1.98. The van der Waals surface area contributed by atoms with Crippen LogP contribution in [0, 0.1) is 34.5 Å². The summed E-state index contributed by atoms with van der Waals surface area (Å²) in [6, 6.07) is 12.5. The van der Waals surface area contributed by atoms with Gasteiger partial charge < -0.3 is 0 Å². The van der Waals surface area contributed by atoms with Crippen molar-refractivity contribution in [3.63, 3.8) is 0 Å². The van der Waals surface area contributed by atoms with Gasteiger partial charge in [-0.2, -0.15) is 10.5 Å². The first-order chi connectivity index (χ1) is 7.83. The fraction of sp³-hybridized carbons (Fsp3) is 0.143. The third kappa shape index (κ3) is 1.33. The largest absolute Gasteiger partial charge is 0.197 e. The van der Waals surface area contributed by atoms with Crippen LogP contribution in [0.5, 0.6) is 0 Å². The molecule has 1 aromatic rings. The summed E-state index contributed by atoms with van der Waals surface area (Å²) in [4.78, 5) is 0. The van der Waals surface area contributed by atoms with Gasteiger partial charge in [0.15, 0.2) is 0 Å². The third-order valence-corrected chi connectivity index (χ3v) is 2.97. The molecule has 0 N–H and O–H groups in total. The SMILES string of the molecule is N#CC1C=C1c1ccc(C2=CC2C#N)cc1. The molecule has 3 rings (SSSR count). The van der Waals surface area contributed by atoms with Crippen molar-refractivity contribution in [2.45, 2.75) is 0 Å². The van der Waals surface area contributed by atoms with Gasteiger partial charge in [0.2, 0.25) is 0 Å². The van der Waals surface area contributed by atoms with Crippen LogP contribution in [0.1, 0.15) is 11.1 Å². The van der Waals surface area contributed by atoms with Gasteiger partial charge in [-0.1, -0.05) is 36.4 Å². The molecule has 2 aliphatic rings. The lowest BCUT2D eigenvalue weighted by Crippen LogP contribution is -1.82. The minimum Gasteiger partial charge on any atom is -0.197 e. The van der Waals surface area contributed by atoms with Gasteiger partial charge in [-0.05, 0) is 22.3 Å². The molecule has 0 amide bonds. The van der Waals surface area contributed by atoms with Crippen LogP contribution in [0.3, 0.4) is 0 Å². The van der Waals surface area contributed by atoms with E-state index in [4.69, 9.17) is 10.5 Å². The third-order valence-electron chi connectivity index (χ3n) is 2.97. The van der Waals surface area contributed by atoms with Gasteiger partial charge in [0, 0.05) is 0 Å². The Balaban J connectivity index is 1.78. The van der Waals surface area contributed by atoms with Crippen molar-refractivity contribution in [1.82, 2.24) is 0 Å². The highest BCUT2D eigenvalue weighted by molar-refractivity contribution is 5.86. The summed E-state index contributed by atoms with van der Waals surface area (Å²) in [5.74, 6) is 0.0238. The topological polar surface area (TPSA) is 47.6 Å². The molecule has 0 aliphatic heterocycles. The zero-order chi connectivity index (χ0) is 11.1. The van der Waals surface area contributed by atoms with Gasteiger partial charge in [-0.3, -0.25) is 0 Å². The molecule has 1 aromatic carbocycles. The molecule has 2 aliphatic carbocycles. The Morgan fingerprint density at radius 1 is 0.750 bits per heavy atom. The zero-order valence-corrected chi connectivity index (χ0v) is 8.51. The Bertz CT molecular complexity index is 536. The fourth-order valence-electron chi connectivity index (χ4n) is 1.88. The van der Waals surface area contributed by atoms with Crippen molar-refractivity contribution in [2.24, 2.45) is 11.8 Å². The number of allylic oxidation sites excluding steroid dienone is 4. The van der Waals surface area contributed by atoms with Gasteiger partial charge in [0.1, 0.15) is 0 Å². The van der Waals surface area contributed by atoms with Crippen LogP contribution in [-0.2, 0) is 0 Å². The van der Waals surface area contributed by atoms with Crippen LogP contribution in [0.15, 0.2) is 36.4 Å². The van der Waals surface area contributed by atoms with E-state index < -0.39 is 0 Å². The predicted octanol–water partition coefficient (Wildman–Crippen LogP) is 2.76. The molecule has 0 fully saturated rings. The number of hydrogen-bond donors (Lipinski definition) is 0. The quantitative estimate of drug-likeness (QED) is 0.743. The second-order valence-corrected chi connectivity index (χ2v) is 4.03. The molecule has 16 heavy (non-hydrogen) atoms. The molecule has 0 saturated carbocycles. The van der Waals surface area contributed by atoms with Crippen LogP contribution >= 0.6 is 0 Å². The number of nitriles is 2. The Morgan fingerprint density at radius 2 is 1.12 bits per heavy atom. The molecule has 74 valence electrons. The first-order valence-corrected chi connectivity index (χ1v) is 5.17. The van der Waals surface area contributed by atoms with Gasteiger partial charge in [0.25, 0.3) is 0 Å². The molecule has 0 spiro atoms. The summed E-state index contributed by atoms with van der Waals surface area (Å²) in [6.45, 7) is 0. The summed E-state index contributed by atoms with van der Waals surface area (Å²) in [5.41, 5.74) is 4.47. The van der Waals surface area contributed by atoms with Gasteiger partial charge in [0.05, 0.1) is 24.0 Å². The summed E-state index contributed by atoms with van der Waals surface area (Å²) < 4.78 is 0. The summed E-state index contributed by atoms with van der Waals surface area (Å²) >= 11 is 0. The monoisotopic (exact) mass is 204 g/mol. The highest BCUT2D eigenvalue weighted by Gasteiger charge is 2.27. The van der Waals surface area contributed by atoms with E-state index in [0.29, 0.717) is 0 Å². The minimum atomic E-state index is 0.0119. The minimum absolute atomic E-state index is 0.0119. The molecular formula is C14H8N2. The predicted molar refractivity (Wildman–Crippen MR) is 60.6 cm³/mol. The van der Waals surface area contributed by atoms with E-state index in [1.54, 1.807) is 0 Å². The summed E-state index contributed by atoms with van der Waals surface area (Å²) in [6.07, 6.45) is 3.92. The number of hydrogen-bond acceptors (Lipinski definition) is 2. The molecule has 0 radical (unpaired) electrons. The average molecular weight is 204 g/mol. The van der Waals surface area contributed by atoms with Crippen molar-refractivity contribution in [1.29, 1.82) is 10.5 Å². The van der Waals surface area contributed by atoms with Crippen molar-refractivity contribution in [3.05, 3.63) is 47.5 Å². The average Bonchev–Trinajstić information content (AvgIpc) is 3.22. The molecule has 0 aromatic heterocycles. The Morgan fingerprint density at radius 3 is 1.38 bits per heavy atom. The van der Waals surface area contributed by atoms with Crippen molar-refractivity contribution >= 4 is 11.1 Å². The van der Waals surface area contributed by atoms with Crippen molar-refractivity contribution in [2.75, 3.05) is 0 Å². The maximum Gasteiger partial charge on any atom is 0.0903 e. The maximum atomic E-state index is 8.71. The van der Waals surface area contributed by atoms with Gasteiger partial charge in [-0.15, -0.1) is 0 Å². The Hall–Kier alpha value is -2.32. The highest BCUT2D eigenvalue weighted by atomic mass is 14.4. The van der Waals surface area contributed by atoms with E-state index >= 15 is 0 Å². The molecule has 2 heteroatoms. The normalized spacial score (nSPS) is 24.9. The lowest BCUT2D eigenvalue weighted by molar-refractivity contribution is 1.25. The second kappa shape index (κ2) is 3.08. The van der Waals surface area contributed by atoms with Crippen LogP contribution in [-0.4, -0.2) is 0 Å². The first kappa shape index (κ1) is 8.95. The standard InChI is InChI=1S/C14H8N2/c15-7-11-5-13(11)9-1-2-10(4-3-9)14-6-12(14)8-16/h1-6,11-12H.